The van der Waals surface area contributed by atoms with E-state index in [1.807, 2.05) is 18.2 Å². The van der Waals surface area contributed by atoms with Crippen LogP contribution < -0.4 is 10.1 Å². The fraction of sp³-hybridized carbons (Fsp3) is 0.500. The molecule has 0 bridgehead atoms. The van der Waals surface area contributed by atoms with Gasteiger partial charge in [-0.25, -0.2) is 0 Å². The van der Waals surface area contributed by atoms with Gasteiger partial charge in [0, 0.05) is 11.4 Å². The summed E-state index contributed by atoms with van der Waals surface area (Å²) in [6, 6.07) is 6.40. The van der Waals surface area contributed by atoms with Crippen molar-refractivity contribution in [1.29, 1.82) is 0 Å². The molecular formula is C12H17ClNO+. The first-order valence-corrected chi connectivity index (χ1v) is 5.86. The highest BCUT2D eigenvalue weighted by atomic mass is 35.5. The van der Waals surface area contributed by atoms with Crippen LogP contribution in [0.25, 0.3) is 0 Å². The zero-order valence-corrected chi connectivity index (χ0v) is 9.76. The van der Waals surface area contributed by atoms with Gasteiger partial charge >= 0.3 is 0 Å². The first-order chi connectivity index (χ1) is 7.31. The summed E-state index contributed by atoms with van der Waals surface area (Å²) < 4.78 is 5.37. The third-order valence-corrected chi connectivity index (χ3v) is 3.25. The van der Waals surface area contributed by atoms with Gasteiger partial charge in [0.2, 0.25) is 0 Å². The Morgan fingerprint density at radius 2 is 2.27 bits per heavy atom. The summed E-state index contributed by atoms with van der Waals surface area (Å²) in [7, 11) is 1.72. The molecule has 0 spiro atoms. The Labute approximate surface area is 95.6 Å². The number of piperidine rings is 1. The van der Waals surface area contributed by atoms with Crippen molar-refractivity contribution < 1.29 is 10.1 Å². The largest absolute Gasteiger partial charge is 0.496 e. The Balaban J connectivity index is 2.27. The maximum Gasteiger partial charge on any atom is 0.128 e. The number of hydrogen-bond donors (Lipinski definition) is 1. The zero-order chi connectivity index (χ0) is 10.7. The van der Waals surface area contributed by atoms with Gasteiger partial charge in [-0.2, -0.15) is 0 Å². The second kappa shape index (κ2) is 4.86. The van der Waals surface area contributed by atoms with E-state index in [1.165, 1.54) is 31.4 Å². The van der Waals surface area contributed by atoms with Crippen molar-refractivity contribution >= 4 is 11.6 Å². The molecule has 1 aromatic carbocycles. The maximum atomic E-state index is 6.02. The monoisotopic (exact) mass is 226 g/mol. The Hall–Kier alpha value is -0.730. The van der Waals surface area contributed by atoms with Crippen LogP contribution in [0, 0.1) is 0 Å². The molecule has 0 amide bonds. The van der Waals surface area contributed by atoms with Crippen LogP contribution in [0.2, 0.25) is 5.02 Å². The molecule has 0 radical (unpaired) electrons. The molecule has 15 heavy (non-hydrogen) atoms. The van der Waals surface area contributed by atoms with E-state index >= 15 is 0 Å². The number of hydrogen-bond acceptors (Lipinski definition) is 1. The van der Waals surface area contributed by atoms with E-state index in [1.54, 1.807) is 7.11 Å². The van der Waals surface area contributed by atoms with Gasteiger partial charge in [-0.15, -0.1) is 0 Å². The van der Waals surface area contributed by atoms with Gasteiger partial charge in [-0.05, 0) is 31.0 Å². The molecule has 1 heterocycles. The Kier molecular flexibility index (Phi) is 3.49. The molecule has 0 aromatic heterocycles. The predicted octanol–water partition coefficient (Wildman–Crippen LogP) is 2.14. The van der Waals surface area contributed by atoms with Crippen molar-refractivity contribution in [2.24, 2.45) is 0 Å². The fourth-order valence-corrected chi connectivity index (χ4v) is 2.40. The second-order valence-electron chi connectivity index (χ2n) is 4.01. The second-order valence-corrected chi connectivity index (χ2v) is 4.45. The molecular weight excluding hydrogens is 210 g/mol. The predicted molar refractivity (Wildman–Crippen MR) is 61.4 cm³/mol. The minimum Gasteiger partial charge on any atom is -0.496 e. The zero-order valence-electron chi connectivity index (χ0n) is 9.00. The summed E-state index contributed by atoms with van der Waals surface area (Å²) in [4.78, 5) is 0. The third kappa shape index (κ3) is 2.44. The maximum absolute atomic E-state index is 6.02. The Morgan fingerprint density at radius 3 is 2.93 bits per heavy atom. The summed E-state index contributed by atoms with van der Waals surface area (Å²) in [6.45, 7) is 1.21. The molecule has 2 N–H and O–H groups in total. The van der Waals surface area contributed by atoms with E-state index in [-0.39, 0.29) is 0 Å². The Morgan fingerprint density at radius 1 is 1.40 bits per heavy atom. The van der Waals surface area contributed by atoms with Crippen molar-refractivity contribution in [3.8, 4) is 5.75 Å². The molecule has 0 aliphatic carbocycles. The lowest BCUT2D eigenvalue weighted by atomic mass is 9.97. The van der Waals surface area contributed by atoms with Crippen LogP contribution in [0.15, 0.2) is 18.2 Å². The van der Waals surface area contributed by atoms with Crippen LogP contribution in [-0.2, 0) is 0 Å². The molecule has 0 unspecified atom stereocenters. The number of halogens is 1. The molecule has 2 nitrogen and oxygen atoms in total. The summed E-state index contributed by atoms with van der Waals surface area (Å²) in [5.41, 5.74) is 1.24. The van der Waals surface area contributed by atoms with Crippen LogP contribution >= 0.6 is 11.6 Å². The first kappa shape index (κ1) is 10.8. The van der Waals surface area contributed by atoms with Crippen molar-refractivity contribution in [1.82, 2.24) is 0 Å². The molecule has 1 aliphatic rings. The standard InChI is InChI=1S/C12H16ClNO/c1-15-12-6-5-9(13)8-10(12)11-4-2-3-7-14-11/h5-6,8,11,14H,2-4,7H2,1H3/p+1/t11-/m1/s1. The van der Waals surface area contributed by atoms with E-state index in [0.717, 1.165) is 10.8 Å². The van der Waals surface area contributed by atoms with Crippen molar-refractivity contribution in [3.63, 3.8) is 0 Å². The van der Waals surface area contributed by atoms with E-state index in [0.29, 0.717) is 6.04 Å². The normalized spacial score (nSPS) is 21.3. The minimum atomic E-state index is 0.521. The quantitative estimate of drug-likeness (QED) is 0.822. The van der Waals surface area contributed by atoms with E-state index < -0.39 is 0 Å². The van der Waals surface area contributed by atoms with E-state index in [9.17, 15) is 0 Å². The summed E-state index contributed by atoms with van der Waals surface area (Å²) in [5.74, 6) is 0.961. The topological polar surface area (TPSA) is 25.8 Å². The molecule has 82 valence electrons. The van der Waals surface area contributed by atoms with Gasteiger partial charge in [0.25, 0.3) is 0 Å². The van der Waals surface area contributed by atoms with Gasteiger partial charge in [0.05, 0.1) is 19.2 Å². The number of benzene rings is 1. The van der Waals surface area contributed by atoms with Crippen LogP contribution in [0.4, 0.5) is 0 Å². The van der Waals surface area contributed by atoms with Crippen LogP contribution in [0.1, 0.15) is 30.9 Å². The molecule has 2 rings (SSSR count). The molecule has 1 aliphatic heterocycles. The number of methoxy groups -OCH3 is 1. The van der Waals surface area contributed by atoms with Crippen LogP contribution in [0.5, 0.6) is 5.75 Å². The average Bonchev–Trinajstić information content (AvgIpc) is 2.30. The van der Waals surface area contributed by atoms with Gasteiger partial charge in [0.1, 0.15) is 11.8 Å². The number of ether oxygens (including phenoxy) is 1. The van der Waals surface area contributed by atoms with Crippen molar-refractivity contribution in [3.05, 3.63) is 28.8 Å². The fourth-order valence-electron chi connectivity index (χ4n) is 2.22. The lowest BCUT2D eigenvalue weighted by Crippen LogP contribution is -2.86. The highest BCUT2D eigenvalue weighted by Gasteiger charge is 2.22. The van der Waals surface area contributed by atoms with Gasteiger partial charge in [0.15, 0.2) is 0 Å². The SMILES string of the molecule is COc1ccc(Cl)cc1[C@H]1CCCC[NH2+]1. The lowest BCUT2D eigenvalue weighted by Gasteiger charge is -2.22. The number of quaternary nitrogens is 1. The molecule has 3 heteroatoms. The van der Waals surface area contributed by atoms with Gasteiger partial charge < -0.3 is 10.1 Å². The highest BCUT2D eigenvalue weighted by molar-refractivity contribution is 6.30. The first-order valence-electron chi connectivity index (χ1n) is 5.48. The highest BCUT2D eigenvalue weighted by Crippen LogP contribution is 2.29. The van der Waals surface area contributed by atoms with Crippen LogP contribution in [-0.4, -0.2) is 13.7 Å². The summed E-state index contributed by atoms with van der Waals surface area (Å²) >= 11 is 6.02. The molecule has 1 saturated heterocycles. The van der Waals surface area contributed by atoms with Crippen LogP contribution in [0.3, 0.4) is 0 Å². The number of nitrogens with two attached hydrogens (primary N) is 1. The summed E-state index contributed by atoms with van der Waals surface area (Å²) in [6.07, 6.45) is 3.84. The van der Waals surface area contributed by atoms with Crippen molar-refractivity contribution in [2.75, 3.05) is 13.7 Å². The van der Waals surface area contributed by atoms with Crippen molar-refractivity contribution in [2.45, 2.75) is 25.3 Å². The van der Waals surface area contributed by atoms with E-state index in [4.69, 9.17) is 16.3 Å². The Bertz CT molecular complexity index is 334. The van der Waals surface area contributed by atoms with Gasteiger partial charge in [-0.3, -0.25) is 0 Å². The molecule has 0 saturated carbocycles. The molecule has 1 atom stereocenters. The molecule has 1 aromatic rings. The lowest BCUT2D eigenvalue weighted by molar-refractivity contribution is -0.704. The smallest absolute Gasteiger partial charge is 0.128 e. The molecule has 1 fully saturated rings. The van der Waals surface area contributed by atoms with Gasteiger partial charge in [-0.1, -0.05) is 11.6 Å². The summed E-state index contributed by atoms with van der Waals surface area (Å²) in [5, 5.41) is 3.18. The average molecular weight is 227 g/mol. The minimum absolute atomic E-state index is 0.521. The third-order valence-electron chi connectivity index (χ3n) is 3.01. The van der Waals surface area contributed by atoms with E-state index in [2.05, 4.69) is 5.32 Å². The number of rotatable bonds is 2.